The van der Waals surface area contributed by atoms with Crippen LogP contribution in [0.5, 0.6) is 5.75 Å². The summed E-state index contributed by atoms with van der Waals surface area (Å²) < 4.78 is 5.74. The Morgan fingerprint density at radius 3 is 2.24 bits per heavy atom. The van der Waals surface area contributed by atoms with Gasteiger partial charge in [-0.3, -0.25) is 0 Å². The summed E-state index contributed by atoms with van der Waals surface area (Å²) in [7, 11) is 0. The highest BCUT2D eigenvalue weighted by atomic mass is 16.5. The minimum Gasteiger partial charge on any atom is -0.493 e. The predicted octanol–water partition coefficient (Wildman–Crippen LogP) is 4.95. The van der Waals surface area contributed by atoms with Gasteiger partial charge in [0.2, 0.25) is 0 Å². The number of ether oxygens (including phenoxy) is 1. The lowest BCUT2D eigenvalue weighted by atomic mass is 9.98. The summed E-state index contributed by atoms with van der Waals surface area (Å²) in [6, 6.07) is 9.58. The molecule has 0 saturated heterocycles. The minimum absolute atomic E-state index is 0.403. The van der Waals surface area contributed by atoms with Crippen LogP contribution < -0.4 is 10.1 Å². The summed E-state index contributed by atoms with van der Waals surface area (Å²) in [6.45, 7) is 9.73. The van der Waals surface area contributed by atoms with E-state index in [-0.39, 0.29) is 0 Å². The van der Waals surface area contributed by atoms with Crippen LogP contribution in [0, 0.1) is 11.8 Å². The molecular formula is C19H31NO. The smallest absolute Gasteiger partial charge is 0.119 e. The molecule has 2 heteroatoms. The Balaban J connectivity index is 1.85. The first-order chi connectivity index (χ1) is 10.1. The Hall–Kier alpha value is -1.02. The van der Waals surface area contributed by atoms with E-state index in [0.29, 0.717) is 18.0 Å². The highest BCUT2D eigenvalue weighted by Crippen LogP contribution is 2.29. The van der Waals surface area contributed by atoms with Gasteiger partial charge < -0.3 is 10.1 Å². The van der Waals surface area contributed by atoms with Crippen LogP contribution in [0.25, 0.3) is 0 Å². The Bertz CT molecular complexity index is 406. The van der Waals surface area contributed by atoms with Gasteiger partial charge in [-0.2, -0.15) is 0 Å². The van der Waals surface area contributed by atoms with Crippen molar-refractivity contribution in [1.29, 1.82) is 0 Å². The van der Waals surface area contributed by atoms with E-state index in [9.17, 15) is 0 Å². The molecule has 1 aromatic carbocycles. The maximum Gasteiger partial charge on any atom is 0.119 e. The second-order valence-corrected chi connectivity index (χ2v) is 7.00. The Kier molecular flexibility index (Phi) is 6.10. The van der Waals surface area contributed by atoms with Gasteiger partial charge in [-0.25, -0.2) is 0 Å². The first kappa shape index (κ1) is 16.4. The molecule has 0 bridgehead atoms. The molecule has 0 aromatic heterocycles. The fraction of sp³-hybridized carbons (Fsp3) is 0.684. The SMILES string of the molecule is CC(C)COc1ccc(C(C)NC(C)C2CCCC2)cc1. The summed E-state index contributed by atoms with van der Waals surface area (Å²) in [5, 5.41) is 3.77. The summed E-state index contributed by atoms with van der Waals surface area (Å²) >= 11 is 0. The fourth-order valence-electron chi connectivity index (χ4n) is 3.20. The molecule has 21 heavy (non-hydrogen) atoms. The molecule has 0 spiro atoms. The molecule has 1 aliphatic rings. The van der Waals surface area contributed by atoms with Crippen LogP contribution in [-0.2, 0) is 0 Å². The van der Waals surface area contributed by atoms with Crippen molar-refractivity contribution in [3.8, 4) is 5.75 Å². The van der Waals surface area contributed by atoms with Gasteiger partial charge in [0.1, 0.15) is 5.75 Å². The van der Waals surface area contributed by atoms with E-state index in [1.807, 2.05) is 0 Å². The van der Waals surface area contributed by atoms with E-state index < -0.39 is 0 Å². The van der Waals surface area contributed by atoms with Crippen LogP contribution in [0.1, 0.15) is 65.0 Å². The van der Waals surface area contributed by atoms with Gasteiger partial charge in [-0.15, -0.1) is 0 Å². The molecule has 1 N–H and O–H groups in total. The Morgan fingerprint density at radius 1 is 1.05 bits per heavy atom. The van der Waals surface area contributed by atoms with Gasteiger partial charge in [0.15, 0.2) is 0 Å². The lowest BCUT2D eigenvalue weighted by Crippen LogP contribution is -2.34. The van der Waals surface area contributed by atoms with Crippen LogP contribution >= 0.6 is 0 Å². The van der Waals surface area contributed by atoms with Crippen LogP contribution in [0.2, 0.25) is 0 Å². The molecule has 1 saturated carbocycles. The maximum atomic E-state index is 5.74. The number of nitrogens with one attached hydrogen (secondary N) is 1. The summed E-state index contributed by atoms with van der Waals surface area (Å²) in [5.74, 6) is 2.40. The van der Waals surface area contributed by atoms with Crippen LogP contribution in [0.4, 0.5) is 0 Å². The molecule has 1 aromatic rings. The summed E-state index contributed by atoms with van der Waals surface area (Å²) in [4.78, 5) is 0. The number of hydrogen-bond acceptors (Lipinski definition) is 2. The van der Waals surface area contributed by atoms with Gasteiger partial charge >= 0.3 is 0 Å². The first-order valence-electron chi connectivity index (χ1n) is 8.55. The average Bonchev–Trinajstić information content (AvgIpc) is 3.00. The van der Waals surface area contributed by atoms with Crippen molar-refractivity contribution >= 4 is 0 Å². The Morgan fingerprint density at radius 2 is 1.67 bits per heavy atom. The van der Waals surface area contributed by atoms with Crippen molar-refractivity contribution in [2.45, 2.75) is 65.5 Å². The van der Waals surface area contributed by atoms with E-state index in [4.69, 9.17) is 4.74 Å². The zero-order valence-electron chi connectivity index (χ0n) is 14.1. The van der Waals surface area contributed by atoms with Crippen molar-refractivity contribution in [2.24, 2.45) is 11.8 Å². The number of benzene rings is 1. The maximum absolute atomic E-state index is 5.74. The van der Waals surface area contributed by atoms with E-state index >= 15 is 0 Å². The number of hydrogen-bond donors (Lipinski definition) is 1. The summed E-state index contributed by atoms with van der Waals surface area (Å²) in [5.41, 5.74) is 1.34. The molecule has 2 unspecified atom stereocenters. The highest BCUT2D eigenvalue weighted by Gasteiger charge is 2.22. The average molecular weight is 289 g/mol. The Labute approximate surface area is 130 Å². The minimum atomic E-state index is 0.403. The van der Waals surface area contributed by atoms with Crippen LogP contribution in [-0.4, -0.2) is 12.6 Å². The second-order valence-electron chi connectivity index (χ2n) is 7.00. The second kappa shape index (κ2) is 7.84. The first-order valence-corrected chi connectivity index (χ1v) is 8.55. The normalized spacial score (nSPS) is 18.9. The highest BCUT2D eigenvalue weighted by molar-refractivity contribution is 5.29. The molecule has 0 radical (unpaired) electrons. The van der Waals surface area contributed by atoms with Gasteiger partial charge in [-0.1, -0.05) is 38.8 Å². The van der Waals surface area contributed by atoms with Gasteiger partial charge in [-0.05, 0) is 56.2 Å². The quantitative estimate of drug-likeness (QED) is 0.766. The largest absolute Gasteiger partial charge is 0.493 e. The molecule has 2 rings (SSSR count). The topological polar surface area (TPSA) is 21.3 Å². The molecule has 2 atom stereocenters. The monoisotopic (exact) mass is 289 g/mol. The van der Waals surface area contributed by atoms with E-state index in [0.717, 1.165) is 18.3 Å². The third kappa shape index (κ3) is 5.03. The van der Waals surface area contributed by atoms with Gasteiger partial charge in [0, 0.05) is 12.1 Å². The fourth-order valence-corrected chi connectivity index (χ4v) is 3.20. The molecule has 2 nitrogen and oxygen atoms in total. The van der Waals surface area contributed by atoms with E-state index in [1.165, 1.54) is 31.2 Å². The molecule has 1 aliphatic carbocycles. The van der Waals surface area contributed by atoms with Gasteiger partial charge in [0.05, 0.1) is 6.61 Å². The van der Waals surface area contributed by atoms with Crippen molar-refractivity contribution in [1.82, 2.24) is 5.32 Å². The standard InChI is InChI=1S/C19H31NO/c1-14(2)13-21-19-11-9-18(10-12-19)16(4)20-15(3)17-7-5-6-8-17/h9-12,14-17,20H,5-8,13H2,1-4H3. The van der Waals surface area contributed by atoms with Crippen molar-refractivity contribution in [2.75, 3.05) is 6.61 Å². The lowest BCUT2D eigenvalue weighted by Gasteiger charge is -2.25. The molecular weight excluding hydrogens is 258 g/mol. The van der Waals surface area contributed by atoms with Crippen molar-refractivity contribution in [3.63, 3.8) is 0 Å². The van der Waals surface area contributed by atoms with E-state index in [2.05, 4.69) is 57.3 Å². The molecule has 0 heterocycles. The van der Waals surface area contributed by atoms with Crippen molar-refractivity contribution in [3.05, 3.63) is 29.8 Å². The number of rotatable bonds is 7. The third-order valence-electron chi connectivity index (χ3n) is 4.58. The predicted molar refractivity (Wildman–Crippen MR) is 89.7 cm³/mol. The molecule has 118 valence electrons. The lowest BCUT2D eigenvalue weighted by molar-refractivity contribution is 0.271. The molecule has 1 fully saturated rings. The zero-order chi connectivity index (χ0) is 15.2. The van der Waals surface area contributed by atoms with Crippen LogP contribution in [0.15, 0.2) is 24.3 Å². The van der Waals surface area contributed by atoms with Crippen molar-refractivity contribution < 1.29 is 4.74 Å². The summed E-state index contributed by atoms with van der Waals surface area (Å²) in [6.07, 6.45) is 5.60. The van der Waals surface area contributed by atoms with E-state index in [1.54, 1.807) is 0 Å². The molecule has 0 aliphatic heterocycles. The van der Waals surface area contributed by atoms with Crippen LogP contribution in [0.3, 0.4) is 0 Å². The van der Waals surface area contributed by atoms with Gasteiger partial charge in [0.25, 0.3) is 0 Å². The molecule has 0 amide bonds. The third-order valence-corrected chi connectivity index (χ3v) is 4.58. The zero-order valence-corrected chi connectivity index (χ0v) is 14.1.